The first-order chi connectivity index (χ1) is 9.88. The topological polar surface area (TPSA) is 18.5 Å². The van der Waals surface area contributed by atoms with Crippen LogP contribution >= 0.6 is 0 Å². The van der Waals surface area contributed by atoms with Gasteiger partial charge in [-0.3, -0.25) is 0 Å². The minimum Gasteiger partial charge on any atom is -0.460 e. The molecule has 0 radical (unpaired) electrons. The predicted molar refractivity (Wildman–Crippen MR) is 80.8 cm³/mol. The van der Waals surface area contributed by atoms with Crippen molar-refractivity contribution in [2.24, 2.45) is 0 Å². The van der Waals surface area contributed by atoms with Crippen molar-refractivity contribution < 1.29 is 9.47 Å². The van der Waals surface area contributed by atoms with Crippen LogP contribution in [0.15, 0.2) is 72.8 Å². The van der Waals surface area contributed by atoms with Crippen LogP contribution in [0, 0.1) is 0 Å². The minimum atomic E-state index is -0.401. The molecule has 20 heavy (non-hydrogen) atoms. The first kappa shape index (κ1) is 12.7. The molecule has 1 atom stereocenters. The fourth-order valence-electron chi connectivity index (χ4n) is 2.28. The highest BCUT2D eigenvalue weighted by atomic mass is 16.7. The second kappa shape index (κ2) is 5.76. The van der Waals surface area contributed by atoms with Crippen molar-refractivity contribution in [1.29, 1.82) is 0 Å². The lowest BCUT2D eigenvalue weighted by Crippen LogP contribution is -2.09. The number of hydrogen-bond acceptors (Lipinski definition) is 2. The largest absolute Gasteiger partial charge is 0.460 e. The minimum absolute atomic E-state index is 0.401. The van der Waals surface area contributed by atoms with Crippen molar-refractivity contribution in [1.82, 2.24) is 0 Å². The van der Waals surface area contributed by atoms with Crippen molar-refractivity contribution in [2.75, 3.05) is 7.11 Å². The van der Waals surface area contributed by atoms with Crippen molar-refractivity contribution in [3.05, 3.63) is 78.4 Å². The van der Waals surface area contributed by atoms with E-state index in [1.165, 1.54) is 0 Å². The highest BCUT2D eigenvalue weighted by Gasteiger charge is 2.13. The molecular formula is C18H16O2. The number of rotatable bonds is 4. The van der Waals surface area contributed by atoms with Gasteiger partial charge in [0.15, 0.2) is 0 Å². The second-order valence-electron chi connectivity index (χ2n) is 4.57. The van der Waals surface area contributed by atoms with Crippen LogP contribution in [-0.2, 0) is 4.74 Å². The summed E-state index contributed by atoms with van der Waals surface area (Å²) >= 11 is 0. The summed E-state index contributed by atoms with van der Waals surface area (Å²) in [7, 11) is 1.66. The molecule has 0 spiro atoms. The van der Waals surface area contributed by atoms with Gasteiger partial charge in [0.05, 0.1) is 0 Å². The Labute approximate surface area is 118 Å². The van der Waals surface area contributed by atoms with E-state index in [4.69, 9.17) is 9.47 Å². The Morgan fingerprint density at radius 3 is 2.25 bits per heavy atom. The van der Waals surface area contributed by atoms with Crippen LogP contribution in [0.5, 0.6) is 5.75 Å². The molecule has 0 heterocycles. The maximum absolute atomic E-state index is 6.04. The third-order valence-corrected chi connectivity index (χ3v) is 3.27. The quantitative estimate of drug-likeness (QED) is 0.643. The summed E-state index contributed by atoms with van der Waals surface area (Å²) in [6.07, 6.45) is -0.401. The SMILES string of the molecule is COC(Oc1cccc2ccccc12)c1ccccc1. The zero-order valence-corrected chi connectivity index (χ0v) is 11.3. The third kappa shape index (κ3) is 2.51. The van der Waals surface area contributed by atoms with E-state index in [1.54, 1.807) is 7.11 Å². The normalized spacial score (nSPS) is 12.2. The molecule has 100 valence electrons. The van der Waals surface area contributed by atoms with Gasteiger partial charge in [-0.25, -0.2) is 0 Å². The lowest BCUT2D eigenvalue weighted by Gasteiger charge is -2.19. The van der Waals surface area contributed by atoms with Crippen LogP contribution in [0.3, 0.4) is 0 Å². The monoisotopic (exact) mass is 264 g/mol. The summed E-state index contributed by atoms with van der Waals surface area (Å²) in [4.78, 5) is 0. The summed E-state index contributed by atoms with van der Waals surface area (Å²) in [6, 6.07) is 24.2. The van der Waals surface area contributed by atoms with Gasteiger partial charge in [0, 0.05) is 18.1 Å². The number of hydrogen-bond donors (Lipinski definition) is 0. The lowest BCUT2D eigenvalue weighted by atomic mass is 10.1. The van der Waals surface area contributed by atoms with Gasteiger partial charge in [0.1, 0.15) is 5.75 Å². The van der Waals surface area contributed by atoms with Crippen molar-refractivity contribution in [3.8, 4) is 5.75 Å². The third-order valence-electron chi connectivity index (χ3n) is 3.27. The van der Waals surface area contributed by atoms with Crippen molar-refractivity contribution in [2.45, 2.75) is 6.29 Å². The van der Waals surface area contributed by atoms with Crippen molar-refractivity contribution >= 4 is 10.8 Å². The van der Waals surface area contributed by atoms with Gasteiger partial charge in [-0.15, -0.1) is 0 Å². The van der Waals surface area contributed by atoms with E-state index in [9.17, 15) is 0 Å². The van der Waals surface area contributed by atoms with Gasteiger partial charge < -0.3 is 9.47 Å². The van der Waals surface area contributed by atoms with Crippen LogP contribution in [0.2, 0.25) is 0 Å². The maximum atomic E-state index is 6.04. The maximum Gasteiger partial charge on any atom is 0.226 e. The highest BCUT2D eigenvalue weighted by molar-refractivity contribution is 5.88. The number of ether oxygens (including phenoxy) is 2. The number of benzene rings is 3. The Balaban J connectivity index is 1.96. The Hall–Kier alpha value is -2.32. The smallest absolute Gasteiger partial charge is 0.226 e. The van der Waals surface area contributed by atoms with Gasteiger partial charge in [-0.2, -0.15) is 0 Å². The molecule has 0 amide bonds. The molecule has 3 aromatic carbocycles. The van der Waals surface area contributed by atoms with Crippen LogP contribution in [-0.4, -0.2) is 7.11 Å². The summed E-state index contributed by atoms with van der Waals surface area (Å²) in [6.45, 7) is 0. The molecule has 0 saturated carbocycles. The van der Waals surface area contributed by atoms with Crippen molar-refractivity contribution in [3.63, 3.8) is 0 Å². The molecule has 2 heteroatoms. The van der Waals surface area contributed by atoms with Gasteiger partial charge in [-0.1, -0.05) is 66.7 Å². The van der Waals surface area contributed by atoms with Gasteiger partial charge in [0.2, 0.25) is 6.29 Å². The Morgan fingerprint density at radius 1 is 0.750 bits per heavy atom. The van der Waals surface area contributed by atoms with Crippen LogP contribution in [0.25, 0.3) is 10.8 Å². The first-order valence-corrected chi connectivity index (χ1v) is 6.60. The number of fused-ring (bicyclic) bond motifs is 1. The highest BCUT2D eigenvalue weighted by Crippen LogP contribution is 2.29. The summed E-state index contributed by atoms with van der Waals surface area (Å²) in [5.41, 5.74) is 1.00. The number of methoxy groups -OCH3 is 1. The molecule has 0 aromatic heterocycles. The standard InChI is InChI=1S/C18H16O2/c1-19-18(15-9-3-2-4-10-15)20-17-13-7-11-14-8-5-6-12-16(14)17/h2-13,18H,1H3. The fraction of sp³-hybridized carbons (Fsp3) is 0.111. The van der Waals surface area contributed by atoms with Crippen LogP contribution in [0.1, 0.15) is 11.9 Å². The lowest BCUT2D eigenvalue weighted by molar-refractivity contribution is -0.0553. The molecule has 0 fully saturated rings. The molecule has 1 unspecified atom stereocenters. The zero-order valence-electron chi connectivity index (χ0n) is 11.3. The molecule has 3 aromatic rings. The van der Waals surface area contributed by atoms with E-state index in [0.717, 1.165) is 22.1 Å². The molecule has 2 nitrogen and oxygen atoms in total. The predicted octanol–water partition coefficient (Wildman–Crippen LogP) is 4.56. The summed E-state index contributed by atoms with van der Waals surface area (Å²) in [5, 5.41) is 2.25. The van der Waals surface area contributed by atoms with Gasteiger partial charge in [0.25, 0.3) is 0 Å². The average molecular weight is 264 g/mol. The van der Waals surface area contributed by atoms with Gasteiger partial charge in [-0.05, 0) is 11.5 Å². The van der Waals surface area contributed by atoms with Crippen LogP contribution in [0.4, 0.5) is 0 Å². The van der Waals surface area contributed by atoms with E-state index < -0.39 is 6.29 Å². The van der Waals surface area contributed by atoms with Gasteiger partial charge >= 0.3 is 0 Å². The Bertz CT molecular complexity index is 687. The molecule has 3 rings (SSSR count). The van der Waals surface area contributed by atoms with E-state index >= 15 is 0 Å². The molecule has 0 bridgehead atoms. The van der Waals surface area contributed by atoms with E-state index in [1.807, 2.05) is 54.6 Å². The Kier molecular flexibility index (Phi) is 3.66. The molecule has 0 aliphatic carbocycles. The van der Waals surface area contributed by atoms with E-state index in [2.05, 4.69) is 18.2 Å². The summed E-state index contributed by atoms with van der Waals surface area (Å²) < 4.78 is 11.5. The van der Waals surface area contributed by atoms with E-state index in [-0.39, 0.29) is 0 Å². The average Bonchev–Trinajstić information content (AvgIpc) is 2.53. The molecule has 0 N–H and O–H groups in total. The first-order valence-electron chi connectivity index (χ1n) is 6.60. The molecular weight excluding hydrogens is 248 g/mol. The fourth-order valence-corrected chi connectivity index (χ4v) is 2.28. The second-order valence-corrected chi connectivity index (χ2v) is 4.57. The summed E-state index contributed by atoms with van der Waals surface area (Å²) in [5.74, 6) is 0.832. The van der Waals surface area contributed by atoms with E-state index in [0.29, 0.717) is 0 Å². The Morgan fingerprint density at radius 2 is 1.45 bits per heavy atom. The molecule has 0 aliphatic heterocycles. The van der Waals surface area contributed by atoms with Crippen LogP contribution < -0.4 is 4.74 Å². The zero-order chi connectivity index (χ0) is 13.8. The molecule has 0 aliphatic rings. The molecule has 0 saturated heterocycles.